The number of nitrogens with zero attached hydrogens (tertiary/aromatic N) is 1. The standard InChI is InChI=1S/C19H18FNO/c20-18-7-1-6-17(14-18)19(22)21(12-2-4-15-8-9-15)13-3-5-16-10-11-16/h1,6-7,14-16H,8-13H2. The highest BCUT2D eigenvalue weighted by Crippen LogP contribution is 2.27. The highest BCUT2D eigenvalue weighted by atomic mass is 19.1. The van der Waals surface area contributed by atoms with E-state index in [1.54, 1.807) is 17.0 Å². The second-order valence-electron chi connectivity index (χ2n) is 5.86. The van der Waals surface area contributed by atoms with Crippen LogP contribution in [-0.4, -0.2) is 23.9 Å². The molecule has 2 fully saturated rings. The van der Waals surface area contributed by atoms with Crippen LogP contribution in [0.15, 0.2) is 24.3 Å². The number of rotatable bonds is 3. The van der Waals surface area contributed by atoms with Gasteiger partial charge in [0.15, 0.2) is 0 Å². The van der Waals surface area contributed by atoms with Crippen LogP contribution in [0.25, 0.3) is 0 Å². The van der Waals surface area contributed by atoms with Gasteiger partial charge in [-0.05, 0) is 43.9 Å². The quantitative estimate of drug-likeness (QED) is 0.785. The summed E-state index contributed by atoms with van der Waals surface area (Å²) >= 11 is 0. The van der Waals surface area contributed by atoms with Gasteiger partial charge in [-0.15, -0.1) is 0 Å². The smallest absolute Gasteiger partial charge is 0.255 e. The predicted octanol–water partition coefficient (Wildman–Crippen LogP) is 3.09. The summed E-state index contributed by atoms with van der Waals surface area (Å²) in [7, 11) is 0. The van der Waals surface area contributed by atoms with Crippen molar-refractivity contribution in [1.29, 1.82) is 0 Å². The lowest BCUT2D eigenvalue weighted by molar-refractivity contribution is 0.0795. The average molecular weight is 295 g/mol. The molecule has 0 N–H and O–H groups in total. The minimum Gasteiger partial charge on any atom is -0.316 e. The van der Waals surface area contributed by atoms with Crippen molar-refractivity contribution < 1.29 is 9.18 Å². The van der Waals surface area contributed by atoms with Crippen molar-refractivity contribution in [3.63, 3.8) is 0 Å². The Kier molecular flexibility index (Phi) is 4.45. The van der Waals surface area contributed by atoms with Crippen LogP contribution in [0.4, 0.5) is 4.39 Å². The van der Waals surface area contributed by atoms with Crippen LogP contribution >= 0.6 is 0 Å². The topological polar surface area (TPSA) is 20.3 Å². The van der Waals surface area contributed by atoms with E-state index in [2.05, 4.69) is 23.7 Å². The molecule has 1 aromatic rings. The summed E-state index contributed by atoms with van der Waals surface area (Å²) in [5.74, 6) is 12.8. The van der Waals surface area contributed by atoms with Crippen LogP contribution in [-0.2, 0) is 0 Å². The van der Waals surface area contributed by atoms with Gasteiger partial charge in [-0.1, -0.05) is 29.7 Å². The van der Waals surface area contributed by atoms with Crippen molar-refractivity contribution in [2.75, 3.05) is 13.1 Å². The lowest BCUT2D eigenvalue weighted by atomic mass is 10.2. The van der Waals surface area contributed by atoms with Crippen molar-refractivity contribution >= 4 is 5.91 Å². The Balaban J connectivity index is 1.69. The Morgan fingerprint density at radius 1 is 1.09 bits per heavy atom. The maximum Gasteiger partial charge on any atom is 0.255 e. The van der Waals surface area contributed by atoms with Crippen molar-refractivity contribution in [2.45, 2.75) is 25.7 Å². The molecule has 2 nitrogen and oxygen atoms in total. The number of carbonyl (C=O) groups is 1. The zero-order valence-corrected chi connectivity index (χ0v) is 12.4. The molecule has 0 radical (unpaired) electrons. The summed E-state index contributed by atoms with van der Waals surface area (Å²) < 4.78 is 13.3. The Hall–Kier alpha value is -2.26. The van der Waals surface area contributed by atoms with Gasteiger partial charge in [0, 0.05) is 17.4 Å². The molecule has 112 valence electrons. The Bertz CT molecular complexity index is 649. The van der Waals surface area contributed by atoms with Gasteiger partial charge >= 0.3 is 0 Å². The summed E-state index contributed by atoms with van der Waals surface area (Å²) in [5, 5.41) is 0. The maximum atomic E-state index is 13.3. The second kappa shape index (κ2) is 6.67. The van der Waals surface area contributed by atoms with E-state index in [1.165, 1.54) is 12.1 Å². The number of benzene rings is 1. The monoisotopic (exact) mass is 295 g/mol. The molecule has 0 spiro atoms. The van der Waals surface area contributed by atoms with E-state index in [0.29, 0.717) is 30.5 Å². The fraction of sp³-hybridized carbons (Fsp3) is 0.421. The van der Waals surface area contributed by atoms with Crippen LogP contribution in [0.3, 0.4) is 0 Å². The molecule has 3 rings (SSSR count). The molecular weight excluding hydrogens is 277 g/mol. The first-order chi connectivity index (χ1) is 10.7. The maximum absolute atomic E-state index is 13.3. The molecule has 2 aliphatic carbocycles. The third-order valence-electron chi connectivity index (χ3n) is 3.67. The van der Waals surface area contributed by atoms with Gasteiger partial charge in [-0.2, -0.15) is 0 Å². The Labute approximate surface area is 130 Å². The van der Waals surface area contributed by atoms with Gasteiger partial charge in [0.2, 0.25) is 0 Å². The second-order valence-corrected chi connectivity index (χ2v) is 5.86. The molecule has 0 aliphatic heterocycles. The molecule has 22 heavy (non-hydrogen) atoms. The first-order valence-corrected chi connectivity index (χ1v) is 7.74. The summed E-state index contributed by atoms with van der Waals surface area (Å²) in [6.07, 6.45) is 4.64. The predicted molar refractivity (Wildman–Crippen MR) is 83.3 cm³/mol. The van der Waals surface area contributed by atoms with Gasteiger partial charge in [0.25, 0.3) is 5.91 Å². The molecular formula is C19H18FNO. The first kappa shape index (κ1) is 14.7. The number of carbonyl (C=O) groups excluding carboxylic acids is 1. The van der Waals surface area contributed by atoms with E-state index < -0.39 is 5.82 Å². The van der Waals surface area contributed by atoms with Gasteiger partial charge in [0.1, 0.15) is 5.82 Å². The van der Waals surface area contributed by atoms with Crippen LogP contribution in [0.5, 0.6) is 0 Å². The third-order valence-corrected chi connectivity index (χ3v) is 3.67. The van der Waals surface area contributed by atoms with Gasteiger partial charge < -0.3 is 4.90 Å². The van der Waals surface area contributed by atoms with E-state index in [0.717, 1.165) is 25.7 Å². The molecule has 2 saturated carbocycles. The minimum absolute atomic E-state index is 0.213. The van der Waals surface area contributed by atoms with Crippen molar-refractivity contribution in [3.8, 4) is 23.7 Å². The SMILES string of the molecule is O=C(c1cccc(F)c1)N(CC#CC1CC1)CC#CC1CC1. The van der Waals surface area contributed by atoms with E-state index in [-0.39, 0.29) is 5.91 Å². The summed E-state index contributed by atoms with van der Waals surface area (Å²) in [6, 6.07) is 5.77. The fourth-order valence-electron chi connectivity index (χ4n) is 2.03. The van der Waals surface area contributed by atoms with Gasteiger partial charge in [0.05, 0.1) is 13.1 Å². The number of hydrogen-bond donors (Lipinski definition) is 0. The summed E-state index contributed by atoms with van der Waals surface area (Å²) in [5.41, 5.74) is 0.349. The lowest BCUT2D eigenvalue weighted by Crippen LogP contribution is -2.32. The van der Waals surface area contributed by atoms with Gasteiger partial charge in [-0.3, -0.25) is 4.79 Å². The van der Waals surface area contributed by atoms with E-state index in [9.17, 15) is 9.18 Å². The number of hydrogen-bond acceptors (Lipinski definition) is 1. The van der Waals surface area contributed by atoms with Gasteiger partial charge in [-0.25, -0.2) is 4.39 Å². The van der Waals surface area contributed by atoms with E-state index >= 15 is 0 Å². The number of halogens is 1. The summed E-state index contributed by atoms with van der Waals surface area (Å²) in [4.78, 5) is 14.1. The molecule has 1 aromatic carbocycles. The van der Waals surface area contributed by atoms with E-state index in [4.69, 9.17) is 0 Å². The highest BCUT2D eigenvalue weighted by Gasteiger charge is 2.19. The van der Waals surface area contributed by atoms with Crippen molar-refractivity contribution in [2.24, 2.45) is 11.8 Å². The minimum atomic E-state index is -0.404. The molecule has 0 aromatic heterocycles. The lowest BCUT2D eigenvalue weighted by Gasteiger charge is -2.17. The fourth-order valence-corrected chi connectivity index (χ4v) is 2.03. The van der Waals surface area contributed by atoms with E-state index in [1.807, 2.05) is 0 Å². The van der Waals surface area contributed by atoms with Crippen LogP contribution in [0.1, 0.15) is 36.0 Å². The van der Waals surface area contributed by atoms with Crippen molar-refractivity contribution in [1.82, 2.24) is 4.90 Å². The van der Waals surface area contributed by atoms with Crippen LogP contribution in [0.2, 0.25) is 0 Å². The van der Waals surface area contributed by atoms with Crippen LogP contribution < -0.4 is 0 Å². The molecule has 0 heterocycles. The first-order valence-electron chi connectivity index (χ1n) is 7.74. The largest absolute Gasteiger partial charge is 0.316 e. The normalized spacial score (nSPS) is 16.0. The number of amides is 1. The molecule has 0 bridgehead atoms. The summed E-state index contributed by atoms with van der Waals surface area (Å²) in [6.45, 7) is 0.705. The van der Waals surface area contributed by atoms with Crippen molar-refractivity contribution in [3.05, 3.63) is 35.6 Å². The highest BCUT2D eigenvalue weighted by molar-refractivity contribution is 5.94. The zero-order chi connectivity index (χ0) is 15.4. The third kappa shape index (κ3) is 4.37. The Morgan fingerprint density at radius 3 is 2.18 bits per heavy atom. The Morgan fingerprint density at radius 2 is 1.68 bits per heavy atom. The molecule has 0 atom stereocenters. The van der Waals surface area contributed by atoms with Crippen LogP contribution in [0, 0.1) is 41.3 Å². The molecule has 0 unspecified atom stereocenters. The molecule has 3 heteroatoms. The zero-order valence-electron chi connectivity index (χ0n) is 12.4. The molecule has 1 amide bonds. The molecule has 2 aliphatic rings. The average Bonchev–Trinajstić information content (AvgIpc) is 3.39. The molecule has 0 saturated heterocycles.